The Morgan fingerprint density at radius 3 is 2.86 bits per heavy atom. The van der Waals surface area contributed by atoms with Crippen LogP contribution in [-0.4, -0.2) is 6.54 Å². The Morgan fingerprint density at radius 2 is 2.21 bits per heavy atom. The summed E-state index contributed by atoms with van der Waals surface area (Å²) >= 11 is 2.21. The first-order valence-corrected chi connectivity index (χ1v) is 6.03. The zero-order valence-electron chi connectivity index (χ0n) is 7.89. The van der Waals surface area contributed by atoms with Gasteiger partial charge in [-0.25, -0.2) is 4.39 Å². The van der Waals surface area contributed by atoms with Gasteiger partial charge in [0.15, 0.2) is 0 Å². The van der Waals surface area contributed by atoms with E-state index in [4.69, 9.17) is 0 Å². The van der Waals surface area contributed by atoms with Gasteiger partial charge in [0.1, 0.15) is 5.82 Å². The van der Waals surface area contributed by atoms with Crippen LogP contribution in [0.1, 0.15) is 30.9 Å². The summed E-state index contributed by atoms with van der Waals surface area (Å²) < 4.78 is 13.9. The van der Waals surface area contributed by atoms with E-state index in [2.05, 4.69) is 27.9 Å². The lowest BCUT2D eigenvalue weighted by Gasteiger charge is -2.24. The molecule has 1 N–H and O–H groups in total. The summed E-state index contributed by atoms with van der Waals surface area (Å²) in [6.07, 6.45) is 3.70. The van der Waals surface area contributed by atoms with Crippen LogP contribution >= 0.6 is 22.6 Å². The molecule has 0 bridgehead atoms. The Hall–Kier alpha value is -0.160. The number of hydrogen-bond donors (Lipinski definition) is 1. The third kappa shape index (κ3) is 2.25. The quantitative estimate of drug-likeness (QED) is 0.786. The molecule has 1 atom stereocenters. The lowest BCUT2D eigenvalue weighted by molar-refractivity contribution is 0.410. The largest absolute Gasteiger partial charge is 0.310 e. The molecule has 0 unspecified atom stereocenters. The standard InChI is InChI=1S/C11H13FIN/c12-8-4-5-9(10(13)7-8)11-3-1-2-6-14-11/h4-5,7,11,14H,1-3,6H2/t11-/m1/s1. The zero-order valence-corrected chi connectivity index (χ0v) is 10.1. The minimum atomic E-state index is -0.144. The number of nitrogens with one attached hydrogen (secondary N) is 1. The Labute approximate surface area is 97.2 Å². The average Bonchev–Trinajstić information content (AvgIpc) is 2.19. The first kappa shape index (κ1) is 10.4. The van der Waals surface area contributed by atoms with Crippen LogP contribution in [-0.2, 0) is 0 Å². The molecule has 14 heavy (non-hydrogen) atoms. The molecule has 0 spiro atoms. The van der Waals surface area contributed by atoms with Crippen LogP contribution in [0.5, 0.6) is 0 Å². The van der Waals surface area contributed by atoms with Gasteiger partial charge < -0.3 is 5.32 Å². The van der Waals surface area contributed by atoms with E-state index in [9.17, 15) is 4.39 Å². The van der Waals surface area contributed by atoms with Crippen molar-refractivity contribution in [1.82, 2.24) is 5.32 Å². The number of benzene rings is 1. The van der Waals surface area contributed by atoms with Gasteiger partial charge in [-0.2, -0.15) is 0 Å². The molecule has 76 valence electrons. The number of rotatable bonds is 1. The normalized spacial score (nSPS) is 22.3. The van der Waals surface area contributed by atoms with E-state index in [1.165, 1.54) is 24.8 Å². The van der Waals surface area contributed by atoms with Crippen LogP contribution in [0.25, 0.3) is 0 Å². The van der Waals surface area contributed by atoms with Crippen LogP contribution in [0, 0.1) is 9.39 Å². The molecule has 1 aliphatic heterocycles. The molecule has 1 fully saturated rings. The van der Waals surface area contributed by atoms with Crippen molar-refractivity contribution in [1.29, 1.82) is 0 Å². The van der Waals surface area contributed by atoms with Gasteiger partial charge in [-0.1, -0.05) is 12.5 Å². The van der Waals surface area contributed by atoms with Crippen molar-refractivity contribution in [3.63, 3.8) is 0 Å². The van der Waals surface area contributed by atoms with Crippen molar-refractivity contribution in [2.45, 2.75) is 25.3 Å². The summed E-state index contributed by atoms with van der Waals surface area (Å²) in [7, 11) is 0. The summed E-state index contributed by atoms with van der Waals surface area (Å²) in [6, 6.07) is 5.48. The molecule has 0 aromatic heterocycles. The van der Waals surface area contributed by atoms with Gasteiger partial charge >= 0.3 is 0 Å². The van der Waals surface area contributed by atoms with Crippen LogP contribution in [0.4, 0.5) is 4.39 Å². The third-order valence-corrected chi connectivity index (χ3v) is 3.58. The number of halogens is 2. The van der Waals surface area contributed by atoms with Gasteiger partial charge in [0.05, 0.1) is 0 Å². The van der Waals surface area contributed by atoms with Gasteiger partial charge in [0.25, 0.3) is 0 Å². The van der Waals surface area contributed by atoms with E-state index in [1.807, 2.05) is 6.07 Å². The molecule has 0 aliphatic carbocycles. The van der Waals surface area contributed by atoms with E-state index in [1.54, 1.807) is 12.1 Å². The molecule has 1 nitrogen and oxygen atoms in total. The van der Waals surface area contributed by atoms with E-state index in [-0.39, 0.29) is 5.82 Å². The average molecular weight is 305 g/mol. The first-order valence-electron chi connectivity index (χ1n) is 4.96. The SMILES string of the molecule is Fc1ccc([C@H]2CCCCN2)c(I)c1. The highest BCUT2D eigenvalue weighted by Crippen LogP contribution is 2.27. The fraction of sp³-hybridized carbons (Fsp3) is 0.455. The van der Waals surface area contributed by atoms with E-state index < -0.39 is 0 Å². The molecule has 2 rings (SSSR count). The summed E-state index contributed by atoms with van der Waals surface area (Å²) in [5.41, 5.74) is 1.24. The van der Waals surface area contributed by atoms with Crippen LogP contribution in [0.2, 0.25) is 0 Å². The lowest BCUT2D eigenvalue weighted by atomic mass is 9.98. The Kier molecular flexibility index (Phi) is 3.38. The van der Waals surface area contributed by atoms with Gasteiger partial charge in [-0.15, -0.1) is 0 Å². The van der Waals surface area contributed by atoms with E-state index >= 15 is 0 Å². The monoisotopic (exact) mass is 305 g/mol. The van der Waals surface area contributed by atoms with Crippen molar-refractivity contribution in [3.8, 4) is 0 Å². The maximum absolute atomic E-state index is 12.9. The molecule has 1 heterocycles. The smallest absolute Gasteiger partial charge is 0.124 e. The second-order valence-electron chi connectivity index (χ2n) is 3.67. The first-order chi connectivity index (χ1) is 6.77. The maximum atomic E-state index is 12.9. The van der Waals surface area contributed by atoms with Crippen molar-refractivity contribution >= 4 is 22.6 Å². The fourth-order valence-electron chi connectivity index (χ4n) is 1.90. The molecular formula is C11H13FIN. The van der Waals surface area contributed by atoms with Crippen LogP contribution in [0.15, 0.2) is 18.2 Å². The predicted octanol–water partition coefficient (Wildman–Crippen LogP) is 3.24. The van der Waals surface area contributed by atoms with E-state index in [0.29, 0.717) is 6.04 Å². The van der Waals surface area contributed by atoms with Gasteiger partial charge in [0.2, 0.25) is 0 Å². The second kappa shape index (κ2) is 4.57. The molecule has 0 saturated carbocycles. The lowest BCUT2D eigenvalue weighted by Crippen LogP contribution is -2.27. The molecule has 3 heteroatoms. The van der Waals surface area contributed by atoms with Crippen molar-refractivity contribution in [2.75, 3.05) is 6.54 Å². The third-order valence-electron chi connectivity index (χ3n) is 2.65. The van der Waals surface area contributed by atoms with Crippen molar-refractivity contribution in [3.05, 3.63) is 33.1 Å². The highest BCUT2D eigenvalue weighted by Gasteiger charge is 2.16. The zero-order chi connectivity index (χ0) is 9.97. The van der Waals surface area contributed by atoms with Gasteiger partial charge in [0, 0.05) is 9.61 Å². The predicted molar refractivity (Wildman–Crippen MR) is 63.7 cm³/mol. The summed E-state index contributed by atoms with van der Waals surface area (Å²) in [4.78, 5) is 0. The topological polar surface area (TPSA) is 12.0 Å². The molecule has 1 aliphatic rings. The Balaban J connectivity index is 2.22. The molecule has 1 saturated heterocycles. The summed E-state index contributed by atoms with van der Waals surface area (Å²) in [6.45, 7) is 1.08. The maximum Gasteiger partial charge on any atom is 0.124 e. The minimum absolute atomic E-state index is 0.144. The Morgan fingerprint density at radius 1 is 1.36 bits per heavy atom. The minimum Gasteiger partial charge on any atom is -0.310 e. The van der Waals surface area contributed by atoms with Crippen LogP contribution < -0.4 is 5.32 Å². The van der Waals surface area contributed by atoms with Gasteiger partial charge in [-0.05, 0) is 59.7 Å². The van der Waals surface area contributed by atoms with Crippen molar-refractivity contribution < 1.29 is 4.39 Å². The van der Waals surface area contributed by atoms with Crippen molar-refractivity contribution in [2.24, 2.45) is 0 Å². The highest BCUT2D eigenvalue weighted by atomic mass is 127. The van der Waals surface area contributed by atoms with E-state index in [0.717, 1.165) is 10.1 Å². The second-order valence-corrected chi connectivity index (χ2v) is 4.83. The highest BCUT2D eigenvalue weighted by molar-refractivity contribution is 14.1. The Bertz CT molecular complexity index is 321. The molecular weight excluding hydrogens is 292 g/mol. The van der Waals surface area contributed by atoms with Gasteiger partial charge in [-0.3, -0.25) is 0 Å². The van der Waals surface area contributed by atoms with Crippen LogP contribution in [0.3, 0.4) is 0 Å². The molecule has 0 amide bonds. The molecule has 1 aromatic rings. The molecule has 1 aromatic carbocycles. The fourth-order valence-corrected chi connectivity index (χ4v) is 2.75. The number of hydrogen-bond acceptors (Lipinski definition) is 1. The summed E-state index contributed by atoms with van der Waals surface area (Å²) in [5, 5.41) is 3.47. The summed E-state index contributed by atoms with van der Waals surface area (Å²) in [5.74, 6) is -0.144. The number of piperidine rings is 1. The molecule has 0 radical (unpaired) electrons.